The fraction of sp³-hybridized carbons (Fsp3) is 0.200. The van der Waals surface area contributed by atoms with Crippen molar-refractivity contribution < 1.29 is 8.78 Å². The van der Waals surface area contributed by atoms with Crippen LogP contribution in [-0.4, -0.2) is 7.05 Å². The Labute approximate surface area is 116 Å². The van der Waals surface area contributed by atoms with E-state index in [1.54, 1.807) is 26.1 Å². The summed E-state index contributed by atoms with van der Waals surface area (Å²) in [6, 6.07) is 7.73. The van der Waals surface area contributed by atoms with Gasteiger partial charge in [-0.05, 0) is 43.3 Å². The number of aryl methyl sites for hydroxylation is 1. The van der Waals surface area contributed by atoms with Crippen LogP contribution in [0.25, 0.3) is 11.1 Å². The van der Waals surface area contributed by atoms with E-state index >= 15 is 0 Å². The van der Waals surface area contributed by atoms with Gasteiger partial charge in [0, 0.05) is 17.7 Å². The molecule has 0 aliphatic heterocycles. The van der Waals surface area contributed by atoms with Gasteiger partial charge in [0.1, 0.15) is 11.6 Å². The summed E-state index contributed by atoms with van der Waals surface area (Å²) in [5.74, 6) is -0.749. The van der Waals surface area contributed by atoms with Gasteiger partial charge in [-0.1, -0.05) is 23.7 Å². The van der Waals surface area contributed by atoms with Crippen LogP contribution in [-0.2, 0) is 6.54 Å². The minimum absolute atomic E-state index is 0.211. The van der Waals surface area contributed by atoms with Crippen LogP contribution in [0.1, 0.15) is 11.1 Å². The number of nitrogens with one attached hydrogen (secondary N) is 1. The van der Waals surface area contributed by atoms with E-state index in [0.717, 1.165) is 5.56 Å². The first-order chi connectivity index (χ1) is 9.02. The molecule has 1 N–H and O–H groups in total. The number of rotatable bonds is 3. The third-order valence-electron chi connectivity index (χ3n) is 2.95. The summed E-state index contributed by atoms with van der Waals surface area (Å²) < 4.78 is 27.4. The Morgan fingerprint density at radius 1 is 1.05 bits per heavy atom. The molecule has 1 nitrogen and oxygen atoms in total. The maximum Gasteiger partial charge on any atom is 0.131 e. The fourth-order valence-electron chi connectivity index (χ4n) is 1.95. The van der Waals surface area contributed by atoms with E-state index < -0.39 is 0 Å². The molecule has 0 unspecified atom stereocenters. The van der Waals surface area contributed by atoms with Gasteiger partial charge in [0.15, 0.2) is 0 Å². The molecule has 0 heterocycles. The Kier molecular flexibility index (Phi) is 4.17. The second-order valence-electron chi connectivity index (χ2n) is 4.43. The van der Waals surface area contributed by atoms with E-state index in [9.17, 15) is 8.78 Å². The van der Waals surface area contributed by atoms with Gasteiger partial charge in [-0.25, -0.2) is 8.78 Å². The first kappa shape index (κ1) is 14.0. The average molecular weight is 282 g/mol. The third-order valence-corrected chi connectivity index (χ3v) is 3.27. The highest BCUT2D eigenvalue weighted by Crippen LogP contribution is 2.32. The Morgan fingerprint density at radius 3 is 2.42 bits per heavy atom. The topological polar surface area (TPSA) is 12.0 Å². The predicted molar refractivity (Wildman–Crippen MR) is 74.3 cm³/mol. The van der Waals surface area contributed by atoms with Crippen molar-refractivity contribution in [3.05, 3.63) is 58.1 Å². The van der Waals surface area contributed by atoms with Crippen molar-refractivity contribution in [2.45, 2.75) is 13.5 Å². The zero-order valence-electron chi connectivity index (χ0n) is 10.7. The van der Waals surface area contributed by atoms with Gasteiger partial charge in [0.05, 0.1) is 5.02 Å². The van der Waals surface area contributed by atoms with Gasteiger partial charge in [0.25, 0.3) is 0 Å². The molecule has 0 fully saturated rings. The van der Waals surface area contributed by atoms with Crippen LogP contribution >= 0.6 is 11.6 Å². The third kappa shape index (κ3) is 2.94. The summed E-state index contributed by atoms with van der Waals surface area (Å²) in [6.45, 7) is 2.22. The van der Waals surface area contributed by atoms with Crippen LogP contribution in [0.5, 0.6) is 0 Å². The molecule has 0 aromatic heterocycles. The van der Waals surface area contributed by atoms with Gasteiger partial charge in [-0.3, -0.25) is 0 Å². The Balaban J connectivity index is 2.50. The van der Waals surface area contributed by atoms with Crippen LogP contribution in [0.4, 0.5) is 8.78 Å². The van der Waals surface area contributed by atoms with E-state index in [1.807, 2.05) is 6.07 Å². The smallest absolute Gasteiger partial charge is 0.131 e. The van der Waals surface area contributed by atoms with Crippen molar-refractivity contribution in [2.24, 2.45) is 0 Å². The van der Waals surface area contributed by atoms with E-state index in [2.05, 4.69) is 5.32 Å². The highest BCUT2D eigenvalue weighted by Gasteiger charge is 2.12. The van der Waals surface area contributed by atoms with Crippen molar-refractivity contribution in [1.82, 2.24) is 5.32 Å². The van der Waals surface area contributed by atoms with Crippen molar-refractivity contribution in [2.75, 3.05) is 7.05 Å². The molecule has 0 radical (unpaired) electrons. The molecule has 0 bridgehead atoms. The van der Waals surface area contributed by atoms with Gasteiger partial charge in [0.2, 0.25) is 0 Å². The zero-order valence-corrected chi connectivity index (χ0v) is 11.5. The second kappa shape index (κ2) is 5.68. The monoisotopic (exact) mass is 281 g/mol. The summed E-state index contributed by atoms with van der Waals surface area (Å²) in [5, 5.41) is 3.17. The van der Waals surface area contributed by atoms with Crippen LogP contribution in [0.2, 0.25) is 5.02 Å². The molecular formula is C15H14ClF2N. The highest BCUT2D eigenvalue weighted by molar-refractivity contribution is 6.33. The molecule has 2 rings (SSSR count). The molecule has 0 saturated carbocycles. The molecule has 0 atom stereocenters. The predicted octanol–water partition coefficient (Wildman–Crippen LogP) is 4.31. The zero-order chi connectivity index (χ0) is 14.0. The lowest BCUT2D eigenvalue weighted by atomic mass is 10.0. The number of hydrogen-bond donors (Lipinski definition) is 1. The van der Waals surface area contributed by atoms with Crippen LogP contribution in [0.15, 0.2) is 30.3 Å². The summed E-state index contributed by atoms with van der Waals surface area (Å²) in [5.41, 5.74) is 2.18. The van der Waals surface area contributed by atoms with E-state index in [4.69, 9.17) is 11.6 Å². The summed E-state index contributed by atoms with van der Waals surface area (Å²) in [7, 11) is 1.80. The minimum Gasteiger partial charge on any atom is -0.316 e. The SMILES string of the molecule is CNCc1ccc(-c2cc(C)c(F)cc2Cl)c(F)c1. The van der Waals surface area contributed by atoms with E-state index in [1.165, 1.54) is 12.1 Å². The van der Waals surface area contributed by atoms with Gasteiger partial charge < -0.3 is 5.32 Å². The molecule has 0 aliphatic carbocycles. The maximum absolute atomic E-state index is 14.1. The first-order valence-corrected chi connectivity index (χ1v) is 6.29. The first-order valence-electron chi connectivity index (χ1n) is 5.92. The molecule has 0 amide bonds. The minimum atomic E-state index is -0.388. The molecule has 0 aliphatic rings. The van der Waals surface area contributed by atoms with E-state index in [0.29, 0.717) is 23.2 Å². The number of halogens is 3. The normalized spacial score (nSPS) is 10.8. The number of hydrogen-bond acceptors (Lipinski definition) is 1. The van der Waals surface area contributed by atoms with Gasteiger partial charge in [-0.2, -0.15) is 0 Å². The largest absolute Gasteiger partial charge is 0.316 e. The summed E-state index contributed by atoms with van der Waals surface area (Å²) in [6.07, 6.45) is 0. The average Bonchev–Trinajstić information content (AvgIpc) is 2.35. The Hall–Kier alpha value is -1.45. The molecule has 2 aromatic rings. The second-order valence-corrected chi connectivity index (χ2v) is 4.83. The molecule has 2 aromatic carbocycles. The number of benzene rings is 2. The van der Waals surface area contributed by atoms with Crippen LogP contribution in [0.3, 0.4) is 0 Å². The lowest BCUT2D eigenvalue weighted by molar-refractivity contribution is 0.617. The van der Waals surface area contributed by atoms with Crippen molar-refractivity contribution >= 4 is 11.6 Å². The lowest BCUT2D eigenvalue weighted by Crippen LogP contribution is -2.05. The highest BCUT2D eigenvalue weighted by atomic mass is 35.5. The van der Waals surface area contributed by atoms with E-state index in [-0.39, 0.29) is 16.7 Å². The van der Waals surface area contributed by atoms with Gasteiger partial charge in [-0.15, -0.1) is 0 Å². The van der Waals surface area contributed by atoms with Crippen molar-refractivity contribution in [3.63, 3.8) is 0 Å². The Morgan fingerprint density at radius 2 is 1.79 bits per heavy atom. The molecule has 0 saturated heterocycles. The standard InChI is InChI=1S/C15H14ClF2N/c1-9-5-12(13(16)7-14(9)17)11-4-3-10(8-19-2)6-15(11)18/h3-7,19H,8H2,1-2H3. The van der Waals surface area contributed by atoms with Crippen molar-refractivity contribution in [3.8, 4) is 11.1 Å². The molecule has 0 spiro atoms. The van der Waals surface area contributed by atoms with Gasteiger partial charge >= 0.3 is 0 Å². The molecule has 4 heteroatoms. The summed E-state index contributed by atoms with van der Waals surface area (Å²) in [4.78, 5) is 0. The van der Waals surface area contributed by atoms with Crippen LogP contribution < -0.4 is 5.32 Å². The summed E-state index contributed by atoms with van der Waals surface area (Å²) >= 11 is 5.99. The van der Waals surface area contributed by atoms with Crippen LogP contribution in [0, 0.1) is 18.6 Å². The molecular weight excluding hydrogens is 268 g/mol. The quantitative estimate of drug-likeness (QED) is 0.884. The lowest BCUT2D eigenvalue weighted by Gasteiger charge is -2.09. The van der Waals surface area contributed by atoms with Crippen molar-refractivity contribution in [1.29, 1.82) is 0 Å². The Bertz CT molecular complexity index is 611. The molecule has 19 heavy (non-hydrogen) atoms. The maximum atomic E-state index is 14.1. The fourth-order valence-corrected chi connectivity index (χ4v) is 2.21. The molecule has 100 valence electrons.